The number of anilines is 2. The van der Waals surface area contributed by atoms with Crippen LogP contribution in [-0.2, 0) is 37.0 Å². The third-order valence-electron chi connectivity index (χ3n) is 12.6. The van der Waals surface area contributed by atoms with E-state index in [1.165, 1.54) is 29.0 Å². The van der Waals surface area contributed by atoms with Gasteiger partial charge in [0, 0.05) is 18.4 Å². The van der Waals surface area contributed by atoms with Crippen molar-refractivity contribution in [2.75, 3.05) is 10.6 Å². The fourth-order valence-electron chi connectivity index (χ4n) is 9.42. The number of rotatable bonds is 11. The number of fused-ring (bicyclic) bond motifs is 1. The van der Waals surface area contributed by atoms with Gasteiger partial charge in [0.05, 0.1) is 40.7 Å². The first-order chi connectivity index (χ1) is 25.9. The van der Waals surface area contributed by atoms with Crippen molar-refractivity contribution in [3.63, 3.8) is 0 Å². The minimum Gasteiger partial charge on any atom is -0.404 e. The van der Waals surface area contributed by atoms with Gasteiger partial charge in [-0.1, -0.05) is 52.0 Å². The van der Waals surface area contributed by atoms with Gasteiger partial charge in [-0.05, 0) is 79.7 Å². The summed E-state index contributed by atoms with van der Waals surface area (Å²) in [7, 11) is -0.710. The topological polar surface area (TPSA) is 167 Å². The average molecular weight is 763 g/mol. The third-order valence-corrected chi connectivity index (χ3v) is 12.6. The first kappa shape index (κ1) is 38.6. The van der Waals surface area contributed by atoms with Crippen LogP contribution >= 0.6 is 0 Å². The molecule has 55 heavy (non-hydrogen) atoms. The zero-order valence-corrected chi connectivity index (χ0v) is 31.5. The van der Waals surface area contributed by atoms with Crippen LogP contribution in [0.2, 0.25) is 0 Å². The Morgan fingerprint density at radius 1 is 1.07 bits per heavy atom. The van der Waals surface area contributed by atoms with Crippen molar-refractivity contribution in [2.45, 2.75) is 109 Å². The summed E-state index contributed by atoms with van der Waals surface area (Å²) in [6.45, 7) is 10.2. The zero-order valence-electron chi connectivity index (χ0n) is 31.5. The molecule has 2 aliphatic heterocycles. The van der Waals surface area contributed by atoms with E-state index in [2.05, 4.69) is 41.7 Å². The average Bonchev–Trinajstić information content (AvgIpc) is 3.64. The number of alkyl halides is 3. The van der Waals surface area contributed by atoms with Gasteiger partial charge in [-0.15, -0.1) is 0 Å². The Morgan fingerprint density at radius 3 is 2.51 bits per heavy atom. The first-order valence-electron chi connectivity index (χ1n) is 18.7. The summed E-state index contributed by atoms with van der Waals surface area (Å²) in [5.41, 5.74) is 3.14. The lowest BCUT2D eigenvalue weighted by Gasteiger charge is -2.64. The Bertz CT molecular complexity index is 2090. The maximum absolute atomic E-state index is 14.4. The summed E-state index contributed by atoms with van der Waals surface area (Å²) in [5.74, 6) is -1.23. The highest BCUT2D eigenvalue weighted by atomic mass is 19.4. The number of amides is 3. The van der Waals surface area contributed by atoms with Gasteiger partial charge in [0.15, 0.2) is 0 Å². The van der Waals surface area contributed by atoms with Gasteiger partial charge in [0.2, 0.25) is 11.8 Å². The van der Waals surface area contributed by atoms with E-state index in [0.29, 0.717) is 18.3 Å². The molecule has 8 rings (SSSR count). The molecule has 3 saturated carbocycles. The highest BCUT2D eigenvalue weighted by Crippen LogP contribution is 2.65. The summed E-state index contributed by atoms with van der Waals surface area (Å²) in [6.07, 6.45) is -1.15. The number of benzene rings is 2. The minimum atomic E-state index is -4.54. The van der Waals surface area contributed by atoms with Gasteiger partial charge in [0.25, 0.3) is 11.5 Å². The van der Waals surface area contributed by atoms with Gasteiger partial charge >= 0.3 is 13.3 Å². The highest BCUT2D eigenvalue weighted by molar-refractivity contribution is 6.47. The molecule has 3 aromatic rings. The van der Waals surface area contributed by atoms with Crippen LogP contribution in [0, 0.1) is 17.3 Å². The molecule has 5 aliphatic rings. The molecule has 3 amide bonds. The number of nitrogens with one attached hydrogen (secondary N) is 3. The van der Waals surface area contributed by atoms with E-state index in [9.17, 15) is 32.3 Å². The number of carbonyl (C=O) groups excluding carboxylic acids is 3. The normalized spacial score (nSPS) is 28.0. The Balaban J connectivity index is 1.16. The maximum Gasteiger partial charge on any atom is 0.481 e. The minimum absolute atomic E-state index is 0.0180. The van der Waals surface area contributed by atoms with Crippen molar-refractivity contribution < 1.29 is 36.9 Å². The molecule has 4 fully saturated rings. The second-order valence-corrected chi connectivity index (χ2v) is 16.5. The lowest BCUT2D eigenvalue weighted by molar-refractivity contribution is -0.199. The Morgan fingerprint density at radius 2 is 1.82 bits per heavy atom. The Kier molecular flexibility index (Phi) is 9.68. The molecule has 0 spiro atoms. The van der Waals surface area contributed by atoms with E-state index in [-0.39, 0.29) is 59.2 Å². The first-order valence-corrected chi connectivity index (χ1v) is 18.7. The summed E-state index contributed by atoms with van der Waals surface area (Å²) in [5, 5.41) is 8.73. The SMILES string of the molecule is CC[C@H](NC(=O)[C@@H]1C[C@@](C)(CC(=O)Nc2ccccc2C(N)=O)c2ncc(NCc3cccc(C(F)(F)F)c3)c(=O)n21)B1OC2C[C@H]3C[C@@H](C3(C)C)[C@]2(C)O1. The van der Waals surface area contributed by atoms with E-state index in [0.717, 1.165) is 25.0 Å². The molecule has 3 aliphatic carbocycles. The standard InChI is InChI=1S/C39H46BF3N6O6/c1-6-30(40-54-29-16-23-15-28(36(23,2)3)38(29,5)55-40)48-33(52)27-17-37(4,18-31(50)47-25-13-8-7-12-24(25)32(44)51)35-46-20-26(34(53)49(27)35)45-19-21-10-9-11-22(14-21)39(41,42)43/h7-14,20,23,27-30,45H,6,15-19H2,1-5H3,(H2,44,51)(H,47,50)(H,48,52)/t23-,27+,28+,29?,30+,37+,38+/m1/s1. The van der Waals surface area contributed by atoms with Crippen molar-refractivity contribution in [3.8, 4) is 0 Å². The van der Waals surface area contributed by atoms with Crippen molar-refractivity contribution in [1.82, 2.24) is 14.9 Å². The maximum atomic E-state index is 14.4. The van der Waals surface area contributed by atoms with E-state index < -0.39 is 65.1 Å². The van der Waals surface area contributed by atoms with Crippen LogP contribution in [0.25, 0.3) is 0 Å². The number of carbonyl (C=O) groups is 3. The van der Waals surface area contributed by atoms with Gasteiger partial charge in [0.1, 0.15) is 17.6 Å². The number of halogens is 3. The Hall–Kier alpha value is -4.70. The molecule has 2 aromatic carbocycles. The van der Waals surface area contributed by atoms with Crippen LogP contribution < -0.4 is 27.2 Å². The molecule has 1 saturated heterocycles. The van der Waals surface area contributed by atoms with Gasteiger partial charge in [-0.2, -0.15) is 13.2 Å². The molecule has 1 unspecified atom stereocenters. The van der Waals surface area contributed by atoms with Crippen molar-refractivity contribution in [3.05, 3.63) is 87.6 Å². The molecule has 292 valence electrons. The lowest BCUT2D eigenvalue weighted by Crippen LogP contribution is -2.65. The third kappa shape index (κ3) is 6.81. The fraction of sp³-hybridized carbons (Fsp3) is 0.513. The monoisotopic (exact) mass is 762 g/mol. The van der Waals surface area contributed by atoms with Crippen LogP contribution in [0.15, 0.2) is 59.5 Å². The lowest BCUT2D eigenvalue weighted by atomic mass is 9.43. The predicted octanol–water partition coefficient (Wildman–Crippen LogP) is 5.37. The second kappa shape index (κ2) is 13.8. The fourth-order valence-corrected chi connectivity index (χ4v) is 9.42. The van der Waals surface area contributed by atoms with E-state index in [1.807, 2.05) is 6.92 Å². The van der Waals surface area contributed by atoms with Crippen molar-refractivity contribution >= 4 is 36.2 Å². The zero-order chi connectivity index (χ0) is 39.7. The Labute approximate surface area is 317 Å². The molecule has 5 N–H and O–H groups in total. The van der Waals surface area contributed by atoms with Crippen LogP contribution in [0.4, 0.5) is 24.5 Å². The molecular weight excluding hydrogens is 716 g/mol. The molecule has 0 radical (unpaired) electrons. The van der Waals surface area contributed by atoms with E-state index >= 15 is 0 Å². The summed E-state index contributed by atoms with van der Waals surface area (Å²) >= 11 is 0. The van der Waals surface area contributed by atoms with Crippen LogP contribution in [-0.4, -0.2) is 52.0 Å². The van der Waals surface area contributed by atoms with Crippen molar-refractivity contribution in [2.24, 2.45) is 23.0 Å². The number of primary amides is 1. The molecule has 7 atom stereocenters. The number of hydrogen-bond donors (Lipinski definition) is 4. The molecular formula is C39H46BF3N6O6. The number of hydrogen-bond acceptors (Lipinski definition) is 8. The summed E-state index contributed by atoms with van der Waals surface area (Å²) in [4.78, 5) is 58.8. The number of nitrogens with zero attached hydrogens (tertiary/aromatic N) is 2. The molecule has 3 heterocycles. The molecule has 2 bridgehead atoms. The largest absolute Gasteiger partial charge is 0.481 e. The summed E-state index contributed by atoms with van der Waals surface area (Å²) < 4.78 is 54.5. The number of para-hydroxylation sites is 1. The highest BCUT2D eigenvalue weighted by Gasteiger charge is 2.68. The van der Waals surface area contributed by atoms with Gasteiger partial charge < -0.3 is 31.0 Å². The predicted molar refractivity (Wildman–Crippen MR) is 199 cm³/mol. The summed E-state index contributed by atoms with van der Waals surface area (Å²) in [6, 6.07) is 9.93. The molecule has 16 heteroatoms. The van der Waals surface area contributed by atoms with Gasteiger partial charge in [-0.3, -0.25) is 23.7 Å². The second-order valence-electron chi connectivity index (χ2n) is 16.5. The van der Waals surface area contributed by atoms with Crippen LogP contribution in [0.3, 0.4) is 0 Å². The van der Waals surface area contributed by atoms with E-state index in [1.54, 1.807) is 25.1 Å². The van der Waals surface area contributed by atoms with Crippen LogP contribution in [0.1, 0.15) is 100 Å². The van der Waals surface area contributed by atoms with E-state index in [4.69, 9.17) is 15.0 Å². The number of nitrogens with two attached hydrogens (primary N) is 1. The smallest absolute Gasteiger partial charge is 0.404 e. The molecule has 1 aromatic heterocycles. The van der Waals surface area contributed by atoms with Crippen molar-refractivity contribution in [1.29, 1.82) is 0 Å². The molecule has 12 nitrogen and oxygen atoms in total. The number of aromatic nitrogens is 2. The quantitative estimate of drug-likeness (QED) is 0.190. The van der Waals surface area contributed by atoms with Crippen LogP contribution in [0.5, 0.6) is 0 Å². The van der Waals surface area contributed by atoms with Gasteiger partial charge in [-0.25, -0.2) is 4.98 Å².